The van der Waals surface area contributed by atoms with Gasteiger partial charge in [-0.15, -0.1) is 0 Å². The van der Waals surface area contributed by atoms with E-state index in [2.05, 4.69) is 20.9 Å². The van der Waals surface area contributed by atoms with Gasteiger partial charge >= 0.3 is 5.97 Å². The van der Waals surface area contributed by atoms with Crippen molar-refractivity contribution in [3.8, 4) is 5.75 Å². The zero-order chi connectivity index (χ0) is 13.7. The van der Waals surface area contributed by atoms with Crippen LogP contribution in [0.1, 0.15) is 10.5 Å². The van der Waals surface area contributed by atoms with Gasteiger partial charge in [0.25, 0.3) is 0 Å². The van der Waals surface area contributed by atoms with E-state index in [4.69, 9.17) is 4.74 Å². The lowest BCUT2D eigenvalue weighted by atomic mass is 10.3. The summed E-state index contributed by atoms with van der Waals surface area (Å²) in [7, 11) is 3.25. The number of carboxylic acid groups (broad SMARTS) is 1. The number of ether oxygens (including phenoxy) is 1. The van der Waals surface area contributed by atoms with Crippen molar-refractivity contribution >= 4 is 38.7 Å². The van der Waals surface area contributed by atoms with Crippen LogP contribution in [-0.2, 0) is 7.05 Å². The quantitative estimate of drug-likeness (QED) is 0.785. The summed E-state index contributed by atoms with van der Waals surface area (Å²) in [4.78, 5) is 15.7. The van der Waals surface area contributed by atoms with Crippen LogP contribution < -0.4 is 4.74 Å². The number of nitrogens with zero attached hydrogens (tertiary/aromatic N) is 3. The van der Waals surface area contributed by atoms with Gasteiger partial charge in [0.05, 0.1) is 12.6 Å². The molecule has 0 saturated heterocycles. The van der Waals surface area contributed by atoms with Crippen molar-refractivity contribution in [2.45, 2.75) is 0 Å². The number of aromatic nitrogens is 3. The lowest BCUT2D eigenvalue weighted by Gasteiger charge is -2.00. The molecule has 6 nitrogen and oxygen atoms in total. The Morgan fingerprint density at radius 1 is 1.47 bits per heavy atom. The molecule has 0 unspecified atom stereocenters. The molecule has 0 spiro atoms. The SMILES string of the molecule is COc1cccc2c1nc1n(C)c(C(=O)O)c(Br)n21. The van der Waals surface area contributed by atoms with E-state index in [0.717, 1.165) is 5.52 Å². The van der Waals surface area contributed by atoms with Crippen molar-refractivity contribution in [2.75, 3.05) is 7.11 Å². The number of fused-ring (bicyclic) bond motifs is 3. The molecule has 0 radical (unpaired) electrons. The summed E-state index contributed by atoms with van der Waals surface area (Å²) in [5, 5.41) is 9.22. The molecule has 3 aromatic rings. The number of methoxy groups -OCH3 is 1. The highest BCUT2D eigenvalue weighted by atomic mass is 79.9. The van der Waals surface area contributed by atoms with Crippen molar-refractivity contribution in [3.63, 3.8) is 0 Å². The number of benzene rings is 1. The van der Waals surface area contributed by atoms with E-state index >= 15 is 0 Å². The second-order valence-electron chi connectivity index (χ2n) is 4.08. The van der Waals surface area contributed by atoms with E-state index in [1.54, 1.807) is 18.6 Å². The second kappa shape index (κ2) is 3.99. The molecule has 3 rings (SSSR count). The van der Waals surface area contributed by atoms with E-state index in [-0.39, 0.29) is 5.69 Å². The van der Waals surface area contributed by atoms with Gasteiger partial charge in [0.15, 0.2) is 5.69 Å². The second-order valence-corrected chi connectivity index (χ2v) is 4.83. The maximum atomic E-state index is 11.3. The molecule has 0 aliphatic rings. The van der Waals surface area contributed by atoms with Crippen molar-refractivity contribution < 1.29 is 14.6 Å². The van der Waals surface area contributed by atoms with Gasteiger partial charge in [-0.25, -0.2) is 9.78 Å². The maximum absolute atomic E-state index is 11.3. The van der Waals surface area contributed by atoms with Crippen molar-refractivity contribution in [2.24, 2.45) is 7.05 Å². The monoisotopic (exact) mass is 323 g/mol. The maximum Gasteiger partial charge on any atom is 0.355 e. The normalized spacial score (nSPS) is 11.3. The third-order valence-electron chi connectivity index (χ3n) is 3.08. The minimum Gasteiger partial charge on any atom is -0.494 e. The molecular formula is C12H10BrN3O3. The number of aryl methyl sites for hydroxylation is 1. The van der Waals surface area contributed by atoms with E-state index in [0.29, 0.717) is 21.6 Å². The predicted molar refractivity (Wildman–Crippen MR) is 72.9 cm³/mol. The molecular weight excluding hydrogens is 314 g/mol. The van der Waals surface area contributed by atoms with E-state index in [9.17, 15) is 9.90 Å². The molecule has 0 saturated carbocycles. The fourth-order valence-corrected chi connectivity index (χ4v) is 3.01. The highest BCUT2D eigenvalue weighted by Gasteiger charge is 2.23. The van der Waals surface area contributed by atoms with Gasteiger partial charge < -0.3 is 14.4 Å². The molecule has 1 aromatic carbocycles. The number of halogens is 1. The summed E-state index contributed by atoms with van der Waals surface area (Å²) >= 11 is 3.33. The standard InChI is InChI=1S/C12H10BrN3O3/c1-15-9(11(17)18)10(13)16-6-4-3-5-7(19-2)8(6)14-12(15)16/h3-5H,1-2H3,(H,17,18). The van der Waals surface area contributed by atoms with Crippen LogP contribution in [0.4, 0.5) is 0 Å². The van der Waals surface area contributed by atoms with Gasteiger partial charge in [0.2, 0.25) is 5.78 Å². The molecule has 2 heterocycles. The first-order valence-corrected chi connectivity index (χ1v) is 6.28. The molecule has 98 valence electrons. The number of aromatic carboxylic acids is 1. The number of imidazole rings is 2. The predicted octanol–water partition coefficient (Wildman–Crippen LogP) is 2.30. The first kappa shape index (κ1) is 12.0. The molecule has 0 aliphatic carbocycles. The third kappa shape index (κ3) is 1.48. The lowest BCUT2D eigenvalue weighted by Crippen LogP contribution is -2.05. The zero-order valence-corrected chi connectivity index (χ0v) is 11.8. The lowest BCUT2D eigenvalue weighted by molar-refractivity contribution is 0.0685. The third-order valence-corrected chi connectivity index (χ3v) is 3.81. The Balaban J connectivity index is 2.52. The van der Waals surface area contributed by atoms with Crippen LogP contribution >= 0.6 is 15.9 Å². The van der Waals surface area contributed by atoms with Crippen molar-refractivity contribution in [1.82, 2.24) is 14.0 Å². The Morgan fingerprint density at radius 2 is 2.21 bits per heavy atom. The Morgan fingerprint density at radius 3 is 2.84 bits per heavy atom. The molecule has 2 aromatic heterocycles. The number of rotatable bonds is 2. The molecule has 19 heavy (non-hydrogen) atoms. The van der Waals surface area contributed by atoms with Crippen LogP contribution in [0.15, 0.2) is 22.8 Å². The molecule has 0 aliphatic heterocycles. The Labute approximate surface area is 116 Å². The van der Waals surface area contributed by atoms with Crippen molar-refractivity contribution in [3.05, 3.63) is 28.5 Å². The van der Waals surface area contributed by atoms with Crippen LogP contribution in [-0.4, -0.2) is 32.1 Å². The van der Waals surface area contributed by atoms with Crippen molar-refractivity contribution in [1.29, 1.82) is 0 Å². The van der Waals surface area contributed by atoms with Gasteiger partial charge in [-0.3, -0.25) is 4.40 Å². The van der Waals surface area contributed by atoms with E-state index < -0.39 is 5.97 Å². The van der Waals surface area contributed by atoms with Crippen LogP contribution in [0, 0.1) is 0 Å². The highest BCUT2D eigenvalue weighted by molar-refractivity contribution is 9.10. The molecule has 0 amide bonds. The number of carbonyl (C=O) groups is 1. The summed E-state index contributed by atoms with van der Waals surface area (Å²) in [6.07, 6.45) is 0. The first-order valence-electron chi connectivity index (χ1n) is 5.49. The van der Waals surface area contributed by atoms with Gasteiger partial charge in [0, 0.05) is 7.05 Å². The smallest absolute Gasteiger partial charge is 0.355 e. The summed E-state index contributed by atoms with van der Waals surface area (Å²) in [6.45, 7) is 0. The molecule has 0 atom stereocenters. The average molecular weight is 324 g/mol. The minimum atomic E-state index is -1.00. The number of hydrogen-bond acceptors (Lipinski definition) is 3. The fourth-order valence-electron chi connectivity index (χ4n) is 2.22. The summed E-state index contributed by atoms with van der Waals surface area (Å²) in [5.74, 6) is 0.199. The molecule has 0 fully saturated rings. The van der Waals surface area contributed by atoms with Crippen LogP contribution in [0.3, 0.4) is 0 Å². The van der Waals surface area contributed by atoms with Gasteiger partial charge in [-0.1, -0.05) is 6.07 Å². The summed E-state index contributed by atoms with van der Waals surface area (Å²) in [5.41, 5.74) is 1.66. The van der Waals surface area contributed by atoms with Crippen LogP contribution in [0.5, 0.6) is 5.75 Å². The largest absolute Gasteiger partial charge is 0.494 e. The first-order chi connectivity index (χ1) is 9.06. The number of hydrogen-bond donors (Lipinski definition) is 1. The zero-order valence-electron chi connectivity index (χ0n) is 10.2. The van der Waals surface area contributed by atoms with E-state index in [1.807, 2.05) is 18.2 Å². The van der Waals surface area contributed by atoms with Crippen LogP contribution in [0.2, 0.25) is 0 Å². The van der Waals surface area contributed by atoms with Gasteiger partial charge in [-0.2, -0.15) is 0 Å². The highest BCUT2D eigenvalue weighted by Crippen LogP contribution is 2.31. The topological polar surface area (TPSA) is 68.8 Å². The molecule has 7 heteroatoms. The fraction of sp³-hybridized carbons (Fsp3) is 0.167. The average Bonchev–Trinajstić information content (AvgIpc) is 2.86. The Bertz CT molecular complexity index is 819. The summed E-state index contributed by atoms with van der Waals surface area (Å²) in [6, 6.07) is 5.53. The molecule has 1 N–H and O–H groups in total. The van der Waals surface area contributed by atoms with Gasteiger partial charge in [-0.05, 0) is 28.1 Å². The van der Waals surface area contributed by atoms with Gasteiger partial charge in [0.1, 0.15) is 15.9 Å². The van der Waals surface area contributed by atoms with E-state index in [1.165, 1.54) is 4.57 Å². The molecule has 0 bridgehead atoms. The summed E-state index contributed by atoms with van der Waals surface area (Å²) < 4.78 is 9.02. The Kier molecular flexibility index (Phi) is 2.53. The van der Waals surface area contributed by atoms with Crippen LogP contribution in [0.25, 0.3) is 16.8 Å². The number of para-hydroxylation sites is 1. The number of carboxylic acids is 1. The minimum absolute atomic E-state index is 0.159. The Hall–Kier alpha value is -2.02.